The number of benzene rings is 2. The van der Waals surface area contributed by atoms with E-state index in [1.165, 1.54) is 6.07 Å². The summed E-state index contributed by atoms with van der Waals surface area (Å²) in [4.78, 5) is 0. The number of halogens is 2. The summed E-state index contributed by atoms with van der Waals surface area (Å²) in [5.74, 6) is -0.397. The first-order valence-electron chi connectivity index (χ1n) is 5.12. The molecule has 0 aromatic heterocycles. The lowest BCUT2D eigenvalue weighted by atomic mass is 10.2. The van der Waals surface area contributed by atoms with Gasteiger partial charge in [0.25, 0.3) is 0 Å². The molecule has 0 aliphatic heterocycles. The third-order valence-corrected chi connectivity index (χ3v) is 2.88. The lowest BCUT2D eigenvalue weighted by Crippen LogP contribution is -1.98. The van der Waals surface area contributed by atoms with Gasteiger partial charge in [-0.2, -0.15) is 5.26 Å². The molecule has 5 heteroatoms. The minimum atomic E-state index is -0.397. The highest BCUT2D eigenvalue weighted by Gasteiger charge is 2.06. The second-order valence-corrected chi connectivity index (χ2v) is 4.58. The lowest BCUT2D eigenvalue weighted by Gasteiger charge is -2.10. The Bertz CT molecular complexity index is 635. The maximum absolute atomic E-state index is 13.7. The van der Waals surface area contributed by atoms with Crippen LogP contribution in [0.25, 0.3) is 0 Å². The maximum atomic E-state index is 13.7. The Morgan fingerprint density at radius 2 is 1.94 bits per heavy atom. The lowest BCUT2D eigenvalue weighted by molar-refractivity contribution is 0.631. The van der Waals surface area contributed by atoms with Crippen LogP contribution in [0.2, 0.25) is 0 Å². The molecule has 0 aliphatic carbocycles. The minimum Gasteiger partial charge on any atom is -0.397 e. The van der Waals surface area contributed by atoms with Gasteiger partial charge in [-0.15, -0.1) is 0 Å². The van der Waals surface area contributed by atoms with Gasteiger partial charge >= 0.3 is 0 Å². The Balaban J connectivity index is 2.37. The second kappa shape index (κ2) is 5.07. The van der Waals surface area contributed by atoms with Crippen molar-refractivity contribution in [2.75, 3.05) is 11.1 Å². The van der Waals surface area contributed by atoms with Crippen molar-refractivity contribution < 1.29 is 4.39 Å². The van der Waals surface area contributed by atoms with E-state index >= 15 is 0 Å². The van der Waals surface area contributed by atoms with Crippen LogP contribution in [0.5, 0.6) is 0 Å². The molecule has 0 spiro atoms. The quantitative estimate of drug-likeness (QED) is 0.830. The van der Waals surface area contributed by atoms with Crippen LogP contribution in [0, 0.1) is 17.1 Å². The van der Waals surface area contributed by atoms with Crippen LogP contribution in [-0.4, -0.2) is 0 Å². The summed E-state index contributed by atoms with van der Waals surface area (Å²) in [6.07, 6.45) is 0. The highest BCUT2D eigenvalue weighted by Crippen LogP contribution is 2.27. The molecule has 3 N–H and O–H groups in total. The van der Waals surface area contributed by atoms with Crippen molar-refractivity contribution in [1.82, 2.24) is 0 Å². The van der Waals surface area contributed by atoms with Gasteiger partial charge < -0.3 is 11.1 Å². The third kappa shape index (κ3) is 2.60. The van der Waals surface area contributed by atoms with Crippen molar-refractivity contribution in [1.29, 1.82) is 5.26 Å². The molecule has 0 amide bonds. The maximum Gasteiger partial charge on any atom is 0.147 e. The summed E-state index contributed by atoms with van der Waals surface area (Å²) >= 11 is 3.18. The molecule has 0 unspecified atom stereocenters. The van der Waals surface area contributed by atoms with Gasteiger partial charge in [-0.1, -0.05) is 15.9 Å². The average Bonchev–Trinajstić information content (AvgIpc) is 2.35. The highest BCUT2D eigenvalue weighted by atomic mass is 79.9. The summed E-state index contributed by atoms with van der Waals surface area (Å²) in [7, 11) is 0. The SMILES string of the molecule is N#Cc1ccc(N)c(Nc2ccc(Br)cc2F)c1. The summed E-state index contributed by atoms with van der Waals surface area (Å²) in [6, 6.07) is 11.5. The van der Waals surface area contributed by atoms with Crippen molar-refractivity contribution in [2.45, 2.75) is 0 Å². The first-order chi connectivity index (χ1) is 8.60. The minimum absolute atomic E-state index is 0.306. The summed E-state index contributed by atoms with van der Waals surface area (Å²) in [5, 5.41) is 11.7. The standard InChI is InChI=1S/C13H9BrFN3/c14-9-2-4-12(10(15)6-9)18-13-5-8(7-16)1-3-11(13)17/h1-6,18H,17H2. The number of anilines is 3. The Hall–Kier alpha value is -2.06. The molecule has 0 heterocycles. The molecule has 0 saturated heterocycles. The normalized spacial score (nSPS) is 9.83. The van der Waals surface area contributed by atoms with E-state index in [9.17, 15) is 4.39 Å². The zero-order valence-corrected chi connectivity index (χ0v) is 10.8. The molecule has 0 aliphatic rings. The molecule has 0 bridgehead atoms. The van der Waals surface area contributed by atoms with E-state index in [1.807, 2.05) is 6.07 Å². The second-order valence-electron chi connectivity index (χ2n) is 3.66. The first kappa shape index (κ1) is 12.4. The van der Waals surface area contributed by atoms with Gasteiger partial charge in [0.2, 0.25) is 0 Å². The molecular formula is C13H9BrFN3. The number of nitriles is 1. The van der Waals surface area contributed by atoms with Crippen molar-refractivity contribution >= 4 is 33.0 Å². The van der Waals surface area contributed by atoms with E-state index in [0.29, 0.717) is 27.1 Å². The Morgan fingerprint density at radius 1 is 1.17 bits per heavy atom. The Labute approximate surface area is 112 Å². The molecule has 2 aromatic carbocycles. The van der Waals surface area contributed by atoms with Gasteiger partial charge in [0.05, 0.1) is 28.7 Å². The zero-order valence-electron chi connectivity index (χ0n) is 9.24. The smallest absolute Gasteiger partial charge is 0.147 e. The van der Waals surface area contributed by atoms with E-state index in [-0.39, 0.29) is 0 Å². The number of hydrogen-bond donors (Lipinski definition) is 2. The fraction of sp³-hybridized carbons (Fsp3) is 0. The van der Waals surface area contributed by atoms with E-state index in [2.05, 4.69) is 21.2 Å². The van der Waals surface area contributed by atoms with Crippen molar-refractivity contribution in [3.63, 3.8) is 0 Å². The molecule has 0 radical (unpaired) electrons. The Kier molecular flexibility index (Phi) is 3.49. The van der Waals surface area contributed by atoms with Gasteiger partial charge in [0.1, 0.15) is 5.82 Å². The third-order valence-electron chi connectivity index (χ3n) is 2.38. The predicted molar refractivity (Wildman–Crippen MR) is 73.0 cm³/mol. The van der Waals surface area contributed by atoms with Crippen molar-refractivity contribution in [3.05, 3.63) is 52.3 Å². The number of nitrogen functional groups attached to an aromatic ring is 1. The van der Waals surface area contributed by atoms with Crippen LogP contribution >= 0.6 is 15.9 Å². The molecule has 0 atom stereocenters. The highest BCUT2D eigenvalue weighted by molar-refractivity contribution is 9.10. The number of nitrogens with two attached hydrogens (primary N) is 1. The molecule has 2 aromatic rings. The molecule has 90 valence electrons. The van der Waals surface area contributed by atoms with Gasteiger partial charge in [0.15, 0.2) is 0 Å². The largest absolute Gasteiger partial charge is 0.397 e. The first-order valence-corrected chi connectivity index (χ1v) is 5.91. The van der Waals surface area contributed by atoms with E-state index < -0.39 is 5.82 Å². The molecule has 0 fully saturated rings. The van der Waals surface area contributed by atoms with Gasteiger partial charge in [0, 0.05) is 4.47 Å². The monoisotopic (exact) mass is 305 g/mol. The van der Waals surface area contributed by atoms with Crippen molar-refractivity contribution in [2.24, 2.45) is 0 Å². The van der Waals surface area contributed by atoms with Crippen molar-refractivity contribution in [3.8, 4) is 6.07 Å². The van der Waals surface area contributed by atoms with Crippen LogP contribution < -0.4 is 11.1 Å². The number of nitrogens with one attached hydrogen (secondary N) is 1. The molecule has 0 saturated carbocycles. The van der Waals surface area contributed by atoms with Crippen LogP contribution in [0.1, 0.15) is 5.56 Å². The number of hydrogen-bond acceptors (Lipinski definition) is 3. The number of rotatable bonds is 2. The van der Waals surface area contributed by atoms with Crippen LogP contribution in [-0.2, 0) is 0 Å². The van der Waals surface area contributed by atoms with Gasteiger partial charge in [-0.25, -0.2) is 4.39 Å². The summed E-state index contributed by atoms with van der Waals surface area (Å²) < 4.78 is 14.3. The number of nitrogens with zero attached hydrogens (tertiary/aromatic N) is 1. The molecular weight excluding hydrogens is 297 g/mol. The predicted octanol–water partition coefficient (Wildman–Crippen LogP) is 3.79. The molecule has 2 rings (SSSR count). The van der Waals surface area contributed by atoms with E-state index in [1.54, 1.807) is 30.3 Å². The summed E-state index contributed by atoms with van der Waals surface area (Å²) in [5.41, 5.74) is 7.50. The van der Waals surface area contributed by atoms with E-state index in [4.69, 9.17) is 11.0 Å². The van der Waals surface area contributed by atoms with Gasteiger partial charge in [-0.05, 0) is 36.4 Å². The molecule has 18 heavy (non-hydrogen) atoms. The van der Waals surface area contributed by atoms with Crippen LogP contribution in [0.3, 0.4) is 0 Å². The zero-order chi connectivity index (χ0) is 13.1. The Morgan fingerprint density at radius 3 is 2.61 bits per heavy atom. The fourth-order valence-corrected chi connectivity index (χ4v) is 1.80. The fourth-order valence-electron chi connectivity index (χ4n) is 1.47. The summed E-state index contributed by atoms with van der Waals surface area (Å²) in [6.45, 7) is 0. The van der Waals surface area contributed by atoms with Crippen LogP contribution in [0.4, 0.5) is 21.5 Å². The van der Waals surface area contributed by atoms with E-state index in [0.717, 1.165) is 0 Å². The van der Waals surface area contributed by atoms with Gasteiger partial charge in [-0.3, -0.25) is 0 Å². The van der Waals surface area contributed by atoms with Crippen LogP contribution in [0.15, 0.2) is 40.9 Å². The topological polar surface area (TPSA) is 61.8 Å². The molecule has 3 nitrogen and oxygen atoms in total. The average molecular weight is 306 g/mol.